The van der Waals surface area contributed by atoms with Crippen LogP contribution in [-0.2, 0) is 0 Å². The van der Waals surface area contributed by atoms with E-state index in [1.807, 2.05) is 0 Å². The average molecular weight is 266 g/mol. The van der Waals surface area contributed by atoms with Crippen molar-refractivity contribution in [3.8, 4) is 0 Å². The summed E-state index contributed by atoms with van der Waals surface area (Å²) in [6.07, 6.45) is 11.1. The molecule has 2 rings (SSSR count). The molecular formula is C17H34N2. The second-order valence-electron chi connectivity index (χ2n) is 7.31. The third-order valence-corrected chi connectivity index (χ3v) is 5.23. The lowest BCUT2D eigenvalue weighted by Crippen LogP contribution is -2.46. The minimum absolute atomic E-state index is 0.663. The molecule has 112 valence electrons. The fourth-order valence-corrected chi connectivity index (χ4v) is 4.08. The molecule has 5 unspecified atom stereocenters. The Morgan fingerprint density at radius 1 is 1.11 bits per heavy atom. The molecule has 2 fully saturated rings. The highest BCUT2D eigenvalue weighted by atomic mass is 15.0. The molecule has 1 saturated heterocycles. The summed E-state index contributed by atoms with van der Waals surface area (Å²) in [6.45, 7) is 8.46. The standard InChI is InChI=1S/C17H34N2/c1-13-8-9-17(14(2)11-13)19-15(3)12-16-7-5-4-6-10-18-16/h13-19H,4-12H2,1-3H3. The van der Waals surface area contributed by atoms with Gasteiger partial charge in [-0.15, -0.1) is 0 Å². The summed E-state index contributed by atoms with van der Waals surface area (Å²) in [4.78, 5) is 0. The Labute approximate surface area is 120 Å². The van der Waals surface area contributed by atoms with Gasteiger partial charge in [0.1, 0.15) is 0 Å². The van der Waals surface area contributed by atoms with Crippen LogP contribution in [0.1, 0.15) is 72.1 Å². The Bertz CT molecular complexity index is 246. The maximum absolute atomic E-state index is 3.92. The molecule has 2 nitrogen and oxygen atoms in total. The van der Waals surface area contributed by atoms with Crippen LogP contribution in [0, 0.1) is 11.8 Å². The molecule has 5 atom stereocenters. The Kier molecular flexibility index (Phi) is 6.15. The van der Waals surface area contributed by atoms with Crippen LogP contribution in [0.15, 0.2) is 0 Å². The fraction of sp³-hybridized carbons (Fsp3) is 1.00. The van der Waals surface area contributed by atoms with Crippen LogP contribution in [-0.4, -0.2) is 24.7 Å². The number of nitrogens with one attached hydrogen (secondary N) is 2. The van der Waals surface area contributed by atoms with E-state index in [1.54, 1.807) is 0 Å². The van der Waals surface area contributed by atoms with Crippen LogP contribution in [0.3, 0.4) is 0 Å². The van der Waals surface area contributed by atoms with Crippen molar-refractivity contribution in [2.75, 3.05) is 6.54 Å². The molecule has 1 aliphatic carbocycles. The van der Waals surface area contributed by atoms with E-state index >= 15 is 0 Å². The Morgan fingerprint density at radius 2 is 1.95 bits per heavy atom. The van der Waals surface area contributed by atoms with Crippen molar-refractivity contribution in [3.63, 3.8) is 0 Å². The molecule has 0 aromatic heterocycles. The van der Waals surface area contributed by atoms with Gasteiger partial charge in [-0.25, -0.2) is 0 Å². The zero-order valence-corrected chi connectivity index (χ0v) is 13.3. The van der Waals surface area contributed by atoms with E-state index in [2.05, 4.69) is 31.4 Å². The van der Waals surface area contributed by atoms with Crippen molar-refractivity contribution < 1.29 is 0 Å². The molecule has 2 N–H and O–H groups in total. The summed E-state index contributed by atoms with van der Waals surface area (Å²) < 4.78 is 0. The van der Waals surface area contributed by atoms with E-state index in [9.17, 15) is 0 Å². The van der Waals surface area contributed by atoms with Gasteiger partial charge in [0.25, 0.3) is 0 Å². The molecule has 0 amide bonds. The molecule has 0 aromatic carbocycles. The highest BCUT2D eigenvalue weighted by Gasteiger charge is 2.26. The first-order chi connectivity index (χ1) is 9.15. The molecule has 0 radical (unpaired) electrons. The molecule has 0 spiro atoms. The quantitative estimate of drug-likeness (QED) is 0.810. The Balaban J connectivity index is 1.72. The topological polar surface area (TPSA) is 24.1 Å². The first-order valence-electron chi connectivity index (χ1n) is 8.64. The molecule has 2 heteroatoms. The third-order valence-electron chi connectivity index (χ3n) is 5.23. The molecule has 19 heavy (non-hydrogen) atoms. The summed E-state index contributed by atoms with van der Waals surface area (Å²) >= 11 is 0. The Hall–Kier alpha value is -0.0800. The summed E-state index contributed by atoms with van der Waals surface area (Å²) in [7, 11) is 0. The lowest BCUT2D eigenvalue weighted by atomic mass is 9.79. The molecule has 2 aliphatic rings. The van der Waals surface area contributed by atoms with Crippen LogP contribution in [0.2, 0.25) is 0 Å². The first kappa shape index (κ1) is 15.3. The highest BCUT2D eigenvalue weighted by molar-refractivity contribution is 4.84. The normalized spacial score (nSPS) is 38.7. The van der Waals surface area contributed by atoms with Crippen LogP contribution in [0.4, 0.5) is 0 Å². The molecule has 0 bridgehead atoms. The van der Waals surface area contributed by atoms with Crippen molar-refractivity contribution in [1.29, 1.82) is 0 Å². The van der Waals surface area contributed by atoms with Gasteiger partial charge >= 0.3 is 0 Å². The minimum atomic E-state index is 0.663. The predicted molar refractivity (Wildman–Crippen MR) is 83.4 cm³/mol. The summed E-state index contributed by atoms with van der Waals surface area (Å²) in [5, 5.41) is 7.64. The van der Waals surface area contributed by atoms with Gasteiger partial charge in [-0.2, -0.15) is 0 Å². The van der Waals surface area contributed by atoms with E-state index in [4.69, 9.17) is 0 Å². The predicted octanol–water partition coefficient (Wildman–Crippen LogP) is 3.71. The second kappa shape index (κ2) is 7.64. The van der Waals surface area contributed by atoms with Crippen molar-refractivity contribution in [2.45, 2.75) is 90.3 Å². The summed E-state index contributed by atoms with van der Waals surface area (Å²) in [5.74, 6) is 1.79. The molecular weight excluding hydrogens is 232 g/mol. The van der Waals surface area contributed by atoms with Gasteiger partial charge in [0.2, 0.25) is 0 Å². The lowest BCUT2D eigenvalue weighted by molar-refractivity contribution is 0.209. The van der Waals surface area contributed by atoms with Crippen LogP contribution >= 0.6 is 0 Å². The lowest BCUT2D eigenvalue weighted by Gasteiger charge is -2.36. The number of hydrogen-bond acceptors (Lipinski definition) is 2. The van der Waals surface area contributed by atoms with E-state index in [1.165, 1.54) is 57.9 Å². The molecule has 1 heterocycles. The molecule has 1 aliphatic heterocycles. The van der Waals surface area contributed by atoms with Crippen molar-refractivity contribution in [2.24, 2.45) is 11.8 Å². The fourth-order valence-electron chi connectivity index (χ4n) is 4.08. The largest absolute Gasteiger partial charge is 0.314 e. The van der Waals surface area contributed by atoms with Crippen LogP contribution in [0.5, 0.6) is 0 Å². The van der Waals surface area contributed by atoms with Gasteiger partial charge in [0, 0.05) is 18.1 Å². The van der Waals surface area contributed by atoms with Gasteiger partial charge in [0.15, 0.2) is 0 Å². The maximum atomic E-state index is 3.92. The maximum Gasteiger partial charge on any atom is 0.00953 e. The zero-order chi connectivity index (χ0) is 13.7. The van der Waals surface area contributed by atoms with Crippen molar-refractivity contribution >= 4 is 0 Å². The molecule has 1 saturated carbocycles. The second-order valence-corrected chi connectivity index (χ2v) is 7.31. The minimum Gasteiger partial charge on any atom is -0.314 e. The average Bonchev–Trinajstić information content (AvgIpc) is 2.61. The van der Waals surface area contributed by atoms with E-state index in [0.29, 0.717) is 6.04 Å². The van der Waals surface area contributed by atoms with Gasteiger partial charge in [-0.1, -0.05) is 26.7 Å². The van der Waals surface area contributed by atoms with Crippen molar-refractivity contribution in [3.05, 3.63) is 0 Å². The van der Waals surface area contributed by atoms with Gasteiger partial charge in [-0.05, 0) is 63.8 Å². The van der Waals surface area contributed by atoms with Crippen molar-refractivity contribution in [1.82, 2.24) is 10.6 Å². The van der Waals surface area contributed by atoms with Crippen LogP contribution in [0.25, 0.3) is 0 Å². The number of rotatable bonds is 4. The molecule has 0 aromatic rings. The van der Waals surface area contributed by atoms with E-state index in [-0.39, 0.29) is 0 Å². The summed E-state index contributed by atoms with van der Waals surface area (Å²) in [5.41, 5.74) is 0. The Morgan fingerprint density at radius 3 is 2.74 bits per heavy atom. The SMILES string of the molecule is CC1CCC(NC(C)CC2CCCCCN2)C(C)C1. The monoisotopic (exact) mass is 266 g/mol. The summed E-state index contributed by atoms with van der Waals surface area (Å²) in [6, 6.07) is 2.18. The highest BCUT2D eigenvalue weighted by Crippen LogP contribution is 2.29. The van der Waals surface area contributed by atoms with E-state index in [0.717, 1.165) is 23.9 Å². The smallest absolute Gasteiger partial charge is 0.00953 e. The van der Waals surface area contributed by atoms with Gasteiger partial charge in [0.05, 0.1) is 0 Å². The van der Waals surface area contributed by atoms with E-state index < -0.39 is 0 Å². The van der Waals surface area contributed by atoms with Gasteiger partial charge in [-0.3, -0.25) is 0 Å². The third kappa shape index (κ3) is 5.07. The van der Waals surface area contributed by atoms with Gasteiger partial charge < -0.3 is 10.6 Å². The first-order valence-corrected chi connectivity index (χ1v) is 8.64. The number of hydrogen-bond donors (Lipinski definition) is 2. The van der Waals surface area contributed by atoms with Crippen LogP contribution < -0.4 is 10.6 Å². The zero-order valence-electron chi connectivity index (χ0n) is 13.3.